The van der Waals surface area contributed by atoms with Gasteiger partial charge in [-0.25, -0.2) is 0 Å². The number of anilines is 3. The molecule has 5 heteroatoms. The zero-order valence-corrected chi connectivity index (χ0v) is 35.8. The van der Waals surface area contributed by atoms with Gasteiger partial charge in [0.2, 0.25) is 0 Å². The van der Waals surface area contributed by atoms with E-state index in [0.717, 1.165) is 33.3 Å². The monoisotopic (exact) mass is 842 g/mol. The summed E-state index contributed by atoms with van der Waals surface area (Å²) in [6, 6.07) is 78.6. The van der Waals surface area contributed by atoms with Crippen molar-refractivity contribution in [1.29, 1.82) is 0 Å². The lowest BCUT2D eigenvalue weighted by Crippen LogP contribution is -2.60. The standard InChI is InChI=1S/C60H35BN2OS/c1-4-15-36(16-5-1)39-27-28-50(44(29-39)38-19-8-3-9-20-38)62-52-33-46-41-21-10-12-25-55(41)64-56(46)34-49(52)61-48-24-14-23-43-45-32-47-42-22-11-13-26-57(42)65-58(47)35-51(45)63(60(43)48)54-31-40(30-53(62)59(54)61)37-17-6-2-7-18-37/h1-35H. The van der Waals surface area contributed by atoms with Crippen molar-refractivity contribution in [3.63, 3.8) is 0 Å². The van der Waals surface area contributed by atoms with Gasteiger partial charge >= 0.3 is 0 Å². The molecule has 0 radical (unpaired) electrons. The van der Waals surface area contributed by atoms with Crippen LogP contribution in [0.4, 0.5) is 17.1 Å². The molecule has 13 aromatic rings. The smallest absolute Gasteiger partial charge is 0.252 e. The fourth-order valence-electron chi connectivity index (χ4n) is 11.3. The van der Waals surface area contributed by atoms with Gasteiger partial charge in [0.1, 0.15) is 11.2 Å². The van der Waals surface area contributed by atoms with E-state index in [1.165, 1.54) is 103 Å². The average Bonchev–Trinajstić information content (AvgIpc) is 4.03. The fraction of sp³-hybridized carbons (Fsp3) is 0. The Morgan fingerprint density at radius 1 is 0.369 bits per heavy atom. The third kappa shape index (κ3) is 4.96. The number of hydrogen-bond acceptors (Lipinski definition) is 3. The predicted molar refractivity (Wildman–Crippen MR) is 277 cm³/mol. The molecule has 0 fully saturated rings. The van der Waals surface area contributed by atoms with Crippen LogP contribution in [0.3, 0.4) is 0 Å². The lowest BCUT2D eigenvalue weighted by Gasteiger charge is -2.41. The number of thiophene rings is 1. The molecule has 0 N–H and O–H groups in total. The van der Waals surface area contributed by atoms with Crippen molar-refractivity contribution in [2.24, 2.45) is 0 Å². The Balaban J connectivity index is 1.11. The van der Waals surface area contributed by atoms with Crippen LogP contribution in [0.1, 0.15) is 0 Å². The van der Waals surface area contributed by atoms with Crippen LogP contribution in [0, 0.1) is 0 Å². The van der Waals surface area contributed by atoms with Crippen LogP contribution in [-0.4, -0.2) is 11.3 Å². The number of hydrogen-bond donors (Lipinski definition) is 0. The summed E-state index contributed by atoms with van der Waals surface area (Å²) >= 11 is 1.89. The highest BCUT2D eigenvalue weighted by molar-refractivity contribution is 7.25. The first kappa shape index (κ1) is 35.4. The number of aromatic nitrogens is 1. The van der Waals surface area contributed by atoms with E-state index in [0.29, 0.717) is 0 Å². The largest absolute Gasteiger partial charge is 0.456 e. The number of nitrogens with zero attached hydrogens (tertiary/aromatic N) is 2. The third-order valence-corrected chi connectivity index (χ3v) is 15.3. The van der Waals surface area contributed by atoms with Gasteiger partial charge in [0.25, 0.3) is 6.71 Å². The maximum Gasteiger partial charge on any atom is 0.252 e. The summed E-state index contributed by atoms with van der Waals surface area (Å²) in [6.45, 7) is -0.0556. The highest BCUT2D eigenvalue weighted by atomic mass is 32.1. The summed E-state index contributed by atoms with van der Waals surface area (Å²) in [5, 5.41) is 7.43. The van der Waals surface area contributed by atoms with E-state index < -0.39 is 0 Å². The Kier molecular flexibility index (Phi) is 7.19. The number of furan rings is 1. The van der Waals surface area contributed by atoms with Gasteiger partial charge in [-0.15, -0.1) is 11.3 Å². The van der Waals surface area contributed by atoms with Crippen LogP contribution in [0.2, 0.25) is 0 Å². The normalized spacial score (nSPS) is 12.9. The van der Waals surface area contributed by atoms with Crippen molar-refractivity contribution in [2.75, 3.05) is 4.90 Å². The molecule has 300 valence electrons. The first-order chi connectivity index (χ1) is 32.2. The third-order valence-electron chi connectivity index (χ3n) is 14.1. The van der Waals surface area contributed by atoms with Crippen LogP contribution in [0.15, 0.2) is 217 Å². The van der Waals surface area contributed by atoms with Crippen LogP contribution >= 0.6 is 11.3 Å². The van der Waals surface area contributed by atoms with E-state index in [1.807, 2.05) is 11.3 Å². The molecule has 0 spiro atoms. The van der Waals surface area contributed by atoms with Crippen molar-refractivity contribution in [2.45, 2.75) is 0 Å². The van der Waals surface area contributed by atoms with Crippen molar-refractivity contribution in [1.82, 2.24) is 4.57 Å². The van der Waals surface area contributed by atoms with Gasteiger partial charge in [0, 0.05) is 69.9 Å². The van der Waals surface area contributed by atoms with E-state index in [2.05, 4.69) is 222 Å². The maximum absolute atomic E-state index is 6.76. The Morgan fingerprint density at radius 3 is 1.88 bits per heavy atom. The SMILES string of the molecule is c1ccc(-c2ccc(N3c4cc5c(cc4B4c6c3cc(-c3ccccc3)cc6-n3c6cc7sc8ccccc8c7cc6c6cccc4c63)oc3ccccc35)c(-c3ccccc3)c2)cc1. The minimum Gasteiger partial charge on any atom is -0.456 e. The predicted octanol–water partition coefficient (Wildman–Crippen LogP) is 14.7. The topological polar surface area (TPSA) is 21.3 Å². The second kappa shape index (κ2) is 13.2. The fourth-order valence-corrected chi connectivity index (χ4v) is 12.5. The summed E-state index contributed by atoms with van der Waals surface area (Å²) in [4.78, 5) is 2.58. The van der Waals surface area contributed by atoms with Gasteiger partial charge in [0.05, 0.1) is 11.2 Å². The van der Waals surface area contributed by atoms with E-state index >= 15 is 0 Å². The molecule has 0 amide bonds. The molecule has 0 saturated carbocycles. The number of rotatable bonds is 4. The zero-order valence-electron chi connectivity index (χ0n) is 35.0. The van der Waals surface area contributed by atoms with E-state index in [-0.39, 0.29) is 6.71 Å². The number of fused-ring (bicyclic) bond motifs is 13. The highest BCUT2D eigenvalue weighted by Crippen LogP contribution is 2.49. The van der Waals surface area contributed by atoms with E-state index in [1.54, 1.807) is 0 Å². The molecular formula is C60H35BN2OS. The quantitative estimate of drug-likeness (QED) is 0.165. The van der Waals surface area contributed by atoms with Crippen LogP contribution < -0.4 is 21.3 Å². The minimum atomic E-state index is -0.0556. The van der Waals surface area contributed by atoms with Gasteiger partial charge in [-0.1, -0.05) is 152 Å². The highest BCUT2D eigenvalue weighted by Gasteiger charge is 2.43. The average molecular weight is 843 g/mol. The molecule has 3 aromatic heterocycles. The van der Waals surface area contributed by atoms with Crippen molar-refractivity contribution in [3.05, 3.63) is 212 Å². The first-order valence-corrected chi connectivity index (χ1v) is 23.2. The molecule has 10 aromatic carbocycles. The van der Waals surface area contributed by atoms with Crippen LogP contribution in [0.5, 0.6) is 0 Å². The Labute approximate surface area is 378 Å². The van der Waals surface area contributed by atoms with Gasteiger partial charge in [-0.05, 0) is 105 Å². The van der Waals surface area contributed by atoms with Crippen LogP contribution in [-0.2, 0) is 0 Å². The molecule has 0 bridgehead atoms. The maximum atomic E-state index is 6.76. The van der Waals surface area contributed by atoms with E-state index in [4.69, 9.17) is 4.42 Å². The summed E-state index contributed by atoms with van der Waals surface area (Å²) in [5.74, 6) is 0. The second-order valence-corrected chi connectivity index (χ2v) is 18.7. The summed E-state index contributed by atoms with van der Waals surface area (Å²) in [5.41, 5.74) is 19.9. The summed E-state index contributed by atoms with van der Waals surface area (Å²) in [7, 11) is 0. The number of para-hydroxylation sites is 2. The first-order valence-electron chi connectivity index (χ1n) is 22.4. The molecule has 2 aliphatic heterocycles. The van der Waals surface area contributed by atoms with Crippen molar-refractivity contribution in [3.8, 4) is 39.1 Å². The van der Waals surface area contributed by atoms with Gasteiger partial charge < -0.3 is 13.9 Å². The number of benzene rings is 10. The van der Waals surface area contributed by atoms with E-state index in [9.17, 15) is 0 Å². The Bertz CT molecular complexity index is 4130. The molecule has 0 saturated heterocycles. The molecule has 15 rings (SSSR count). The van der Waals surface area contributed by atoms with Crippen molar-refractivity contribution >= 4 is 115 Å². The molecule has 0 atom stereocenters. The van der Waals surface area contributed by atoms with Gasteiger partial charge in [0.15, 0.2) is 0 Å². The minimum absolute atomic E-state index is 0.0556. The second-order valence-electron chi connectivity index (χ2n) is 17.6. The van der Waals surface area contributed by atoms with Crippen molar-refractivity contribution < 1.29 is 4.42 Å². The Morgan fingerprint density at radius 2 is 1.06 bits per heavy atom. The summed E-state index contributed by atoms with van der Waals surface area (Å²) < 4.78 is 12.0. The lowest BCUT2D eigenvalue weighted by molar-refractivity contribution is 0.669. The Hall–Kier alpha value is -8.12. The molecule has 65 heavy (non-hydrogen) atoms. The molecular weight excluding hydrogens is 808 g/mol. The molecule has 0 unspecified atom stereocenters. The molecule has 3 nitrogen and oxygen atoms in total. The molecule has 2 aliphatic rings. The molecule has 0 aliphatic carbocycles. The summed E-state index contributed by atoms with van der Waals surface area (Å²) in [6.07, 6.45) is 0. The van der Waals surface area contributed by atoms with Gasteiger partial charge in [-0.3, -0.25) is 0 Å². The van der Waals surface area contributed by atoms with Gasteiger partial charge in [-0.2, -0.15) is 0 Å². The molecule has 5 heterocycles. The lowest BCUT2D eigenvalue weighted by atomic mass is 9.33. The van der Waals surface area contributed by atoms with Crippen LogP contribution in [0.25, 0.3) is 103 Å². The zero-order chi connectivity index (χ0) is 42.3.